The van der Waals surface area contributed by atoms with Crippen LogP contribution in [0.25, 0.3) is 0 Å². The van der Waals surface area contributed by atoms with Crippen molar-refractivity contribution >= 4 is 17.5 Å². The fourth-order valence-electron chi connectivity index (χ4n) is 1.73. The lowest BCUT2D eigenvalue weighted by Crippen LogP contribution is -2.27. The lowest BCUT2D eigenvalue weighted by Gasteiger charge is -2.20. The molecule has 0 saturated heterocycles. The molecule has 0 aliphatic rings. The highest BCUT2D eigenvalue weighted by Crippen LogP contribution is 2.22. The van der Waals surface area contributed by atoms with Crippen molar-refractivity contribution in [2.24, 2.45) is 5.41 Å². The minimum absolute atomic E-state index is 0.176. The van der Waals surface area contributed by atoms with Crippen LogP contribution < -0.4 is 10.6 Å². The second kappa shape index (κ2) is 6.99. The third-order valence-electron chi connectivity index (χ3n) is 2.80. The summed E-state index contributed by atoms with van der Waals surface area (Å²) in [5.74, 6) is -0.344. The Kier molecular flexibility index (Phi) is 5.80. The predicted molar refractivity (Wildman–Crippen MR) is 88.8 cm³/mol. The Bertz CT molecular complexity index is 516. The number of amides is 1. The molecule has 0 aliphatic heterocycles. The number of hydrogen-bond donors (Lipinski definition) is 2. The van der Waals surface area contributed by atoms with Gasteiger partial charge in [-0.15, -0.1) is 0 Å². The van der Waals surface area contributed by atoms with Crippen molar-refractivity contribution in [3.63, 3.8) is 0 Å². The maximum atomic E-state index is 13.8. The average molecular weight is 310 g/mol. The minimum atomic E-state index is -0.572. The molecule has 0 atom stereocenters. The van der Waals surface area contributed by atoms with E-state index in [9.17, 15) is 9.18 Å². The summed E-state index contributed by atoms with van der Waals surface area (Å²) in [5, 5.41) is 5.67. The Hall–Kier alpha value is -1.78. The van der Waals surface area contributed by atoms with Crippen molar-refractivity contribution in [3.8, 4) is 0 Å². The first-order chi connectivity index (χ1) is 9.96. The topological polar surface area (TPSA) is 50.4 Å². The van der Waals surface area contributed by atoms with E-state index in [0.717, 1.165) is 6.42 Å². The number of carbonyl (C=O) groups excluding carboxylic acids is 1. The summed E-state index contributed by atoms with van der Waals surface area (Å²) < 4.78 is 19.0. The molecule has 1 amide bonds. The number of hydrogen-bond acceptors (Lipinski definition) is 3. The fraction of sp³-hybridized carbons (Fsp3) is 0.588. The molecule has 4 nitrogen and oxygen atoms in total. The molecule has 0 spiro atoms. The third-order valence-corrected chi connectivity index (χ3v) is 2.80. The Balaban J connectivity index is 2.67. The van der Waals surface area contributed by atoms with E-state index in [1.54, 1.807) is 26.8 Å². The monoisotopic (exact) mass is 310 g/mol. The van der Waals surface area contributed by atoms with Crippen LogP contribution in [0.4, 0.5) is 20.6 Å². The lowest BCUT2D eigenvalue weighted by atomic mass is 9.92. The van der Waals surface area contributed by atoms with E-state index in [0.29, 0.717) is 17.9 Å². The van der Waals surface area contributed by atoms with Gasteiger partial charge in [-0.3, -0.25) is 5.32 Å². The largest absolute Gasteiger partial charge is 0.444 e. The summed E-state index contributed by atoms with van der Waals surface area (Å²) in [6, 6.07) is 4.40. The average Bonchev–Trinajstić information content (AvgIpc) is 2.29. The Morgan fingerprint density at radius 1 is 1.18 bits per heavy atom. The molecule has 1 rings (SSSR count). The SMILES string of the molecule is CC(C)(C)CCNc1cc(NC(=O)OC(C)(C)C)ccc1F. The van der Waals surface area contributed by atoms with Gasteiger partial charge in [-0.2, -0.15) is 0 Å². The zero-order valence-electron chi connectivity index (χ0n) is 14.3. The molecule has 5 heteroatoms. The molecule has 0 radical (unpaired) electrons. The second-order valence-corrected chi connectivity index (χ2v) is 7.56. The Labute approximate surface area is 132 Å². The Morgan fingerprint density at radius 3 is 2.36 bits per heavy atom. The van der Waals surface area contributed by atoms with Crippen molar-refractivity contribution in [3.05, 3.63) is 24.0 Å². The summed E-state index contributed by atoms with van der Waals surface area (Å²) in [6.07, 6.45) is 0.357. The first kappa shape index (κ1) is 18.3. The number of ether oxygens (including phenoxy) is 1. The molecule has 0 aliphatic carbocycles. The molecule has 0 heterocycles. The molecule has 0 aromatic heterocycles. The zero-order chi connectivity index (χ0) is 17.0. The quantitative estimate of drug-likeness (QED) is 0.821. The highest BCUT2D eigenvalue weighted by atomic mass is 19.1. The van der Waals surface area contributed by atoms with E-state index in [1.165, 1.54) is 12.1 Å². The molecule has 0 fully saturated rings. The smallest absolute Gasteiger partial charge is 0.412 e. The molecule has 124 valence electrons. The van der Waals surface area contributed by atoms with Crippen LogP contribution in [0.15, 0.2) is 18.2 Å². The number of nitrogens with one attached hydrogen (secondary N) is 2. The normalized spacial score (nSPS) is 12.0. The van der Waals surface area contributed by atoms with Crippen molar-refractivity contribution in [1.82, 2.24) is 0 Å². The highest BCUT2D eigenvalue weighted by Gasteiger charge is 2.16. The molecule has 2 N–H and O–H groups in total. The maximum Gasteiger partial charge on any atom is 0.412 e. The summed E-state index contributed by atoms with van der Waals surface area (Å²) in [7, 11) is 0. The highest BCUT2D eigenvalue weighted by molar-refractivity contribution is 5.85. The van der Waals surface area contributed by atoms with Crippen LogP contribution in [0, 0.1) is 11.2 Å². The van der Waals surface area contributed by atoms with Crippen LogP contribution in [0.2, 0.25) is 0 Å². The van der Waals surface area contributed by atoms with Crippen molar-refractivity contribution in [2.45, 2.75) is 53.6 Å². The van der Waals surface area contributed by atoms with Gasteiger partial charge in [0.2, 0.25) is 0 Å². The molecular weight excluding hydrogens is 283 g/mol. The van der Waals surface area contributed by atoms with Gasteiger partial charge in [0.1, 0.15) is 11.4 Å². The molecule has 1 aromatic rings. The summed E-state index contributed by atoms with van der Waals surface area (Å²) in [5.41, 5.74) is 0.472. The molecule has 0 saturated carbocycles. The van der Waals surface area contributed by atoms with Crippen molar-refractivity contribution < 1.29 is 13.9 Å². The van der Waals surface area contributed by atoms with Crippen LogP contribution in [-0.2, 0) is 4.74 Å². The summed E-state index contributed by atoms with van der Waals surface area (Å²) in [4.78, 5) is 11.7. The van der Waals surface area contributed by atoms with Crippen LogP contribution in [-0.4, -0.2) is 18.2 Å². The zero-order valence-corrected chi connectivity index (χ0v) is 14.3. The van der Waals surface area contributed by atoms with Crippen LogP contribution in [0.5, 0.6) is 0 Å². The van der Waals surface area contributed by atoms with E-state index >= 15 is 0 Å². The number of anilines is 2. The fourth-order valence-corrected chi connectivity index (χ4v) is 1.73. The van der Waals surface area contributed by atoms with E-state index in [4.69, 9.17) is 4.74 Å². The number of carbonyl (C=O) groups is 1. The number of halogens is 1. The van der Waals surface area contributed by atoms with Crippen molar-refractivity contribution in [2.75, 3.05) is 17.2 Å². The molecule has 1 aromatic carbocycles. The summed E-state index contributed by atoms with van der Waals surface area (Å²) >= 11 is 0. The number of benzene rings is 1. The molecule has 22 heavy (non-hydrogen) atoms. The molecule has 0 unspecified atom stereocenters. The van der Waals surface area contributed by atoms with Crippen LogP contribution in [0.1, 0.15) is 48.0 Å². The first-order valence-electron chi connectivity index (χ1n) is 7.50. The van der Waals surface area contributed by atoms with Gasteiger partial charge < -0.3 is 10.1 Å². The van der Waals surface area contributed by atoms with Gasteiger partial charge in [0.15, 0.2) is 0 Å². The summed E-state index contributed by atoms with van der Waals surface area (Å²) in [6.45, 7) is 12.4. The molecular formula is C17H27FN2O2. The van der Waals surface area contributed by atoms with E-state index in [1.807, 2.05) is 0 Å². The van der Waals surface area contributed by atoms with Crippen LogP contribution >= 0.6 is 0 Å². The van der Waals surface area contributed by atoms with Gasteiger partial charge in [0.05, 0.1) is 5.69 Å². The van der Waals surface area contributed by atoms with Crippen molar-refractivity contribution in [1.29, 1.82) is 0 Å². The van der Waals surface area contributed by atoms with Gasteiger partial charge in [0.25, 0.3) is 0 Å². The predicted octanol–water partition coefficient (Wildman–Crippen LogP) is 5.02. The lowest BCUT2D eigenvalue weighted by molar-refractivity contribution is 0.0636. The number of rotatable bonds is 4. The third kappa shape index (κ3) is 7.29. The van der Waals surface area contributed by atoms with Gasteiger partial charge >= 0.3 is 6.09 Å². The van der Waals surface area contributed by atoms with Gasteiger partial charge in [0, 0.05) is 12.2 Å². The van der Waals surface area contributed by atoms with E-state index in [-0.39, 0.29) is 11.2 Å². The molecule has 0 bridgehead atoms. The van der Waals surface area contributed by atoms with E-state index < -0.39 is 11.7 Å². The van der Waals surface area contributed by atoms with E-state index in [2.05, 4.69) is 31.4 Å². The Morgan fingerprint density at radius 2 is 1.82 bits per heavy atom. The standard InChI is InChI=1S/C17H27FN2O2/c1-16(2,3)9-10-19-14-11-12(7-8-13(14)18)20-15(21)22-17(4,5)6/h7-8,11,19H,9-10H2,1-6H3,(H,20,21). The van der Waals surface area contributed by atoms with Crippen LogP contribution in [0.3, 0.4) is 0 Å². The minimum Gasteiger partial charge on any atom is -0.444 e. The van der Waals surface area contributed by atoms with Gasteiger partial charge in [-0.05, 0) is 50.8 Å². The van der Waals surface area contributed by atoms with Gasteiger partial charge in [-0.25, -0.2) is 9.18 Å². The first-order valence-corrected chi connectivity index (χ1v) is 7.50. The maximum absolute atomic E-state index is 13.8. The second-order valence-electron chi connectivity index (χ2n) is 7.56. The van der Waals surface area contributed by atoms with Gasteiger partial charge in [-0.1, -0.05) is 20.8 Å².